The maximum absolute atomic E-state index is 13.6. The maximum Gasteiger partial charge on any atom is 0.315 e. The van der Waals surface area contributed by atoms with E-state index >= 15 is 0 Å². The minimum atomic E-state index is -0.335. The van der Waals surface area contributed by atoms with Crippen LogP contribution in [0.3, 0.4) is 0 Å². The summed E-state index contributed by atoms with van der Waals surface area (Å²) in [6.45, 7) is 0.141. The van der Waals surface area contributed by atoms with Gasteiger partial charge in [-0.1, -0.05) is 15.9 Å². The summed E-state index contributed by atoms with van der Waals surface area (Å²) in [6.07, 6.45) is 4.42. The Hall–Kier alpha value is -1.82. The maximum atomic E-state index is 13.6. The normalized spacial score (nSPS) is 16.9. The first-order valence-electron chi connectivity index (χ1n) is 7.18. The van der Waals surface area contributed by atoms with Crippen LogP contribution in [0.15, 0.2) is 39.4 Å². The third kappa shape index (κ3) is 3.32. The summed E-state index contributed by atoms with van der Waals surface area (Å²) in [5.74, 6) is 0.605. The van der Waals surface area contributed by atoms with E-state index in [-0.39, 0.29) is 24.4 Å². The molecule has 1 atom stereocenters. The molecule has 0 bridgehead atoms. The second-order valence-electron chi connectivity index (χ2n) is 5.31. The van der Waals surface area contributed by atoms with Crippen molar-refractivity contribution in [3.05, 3.63) is 57.7 Å². The van der Waals surface area contributed by atoms with E-state index < -0.39 is 0 Å². The van der Waals surface area contributed by atoms with Gasteiger partial charge in [-0.05, 0) is 37.1 Å². The lowest BCUT2D eigenvalue weighted by molar-refractivity contribution is 0.234. The second-order valence-corrected chi connectivity index (χ2v) is 6.22. The highest BCUT2D eigenvalue weighted by Gasteiger charge is 2.23. The van der Waals surface area contributed by atoms with Gasteiger partial charge in [0.1, 0.15) is 11.6 Å². The number of aryl methyl sites for hydroxylation is 1. The molecular weight excluding hydrogens is 351 g/mol. The Morgan fingerprint density at radius 1 is 1.41 bits per heavy atom. The van der Waals surface area contributed by atoms with Crippen molar-refractivity contribution < 1.29 is 13.6 Å². The predicted molar refractivity (Wildman–Crippen MR) is 83.9 cm³/mol. The van der Waals surface area contributed by atoms with Gasteiger partial charge in [0.2, 0.25) is 0 Å². The Bertz CT molecular complexity index is 687. The summed E-state index contributed by atoms with van der Waals surface area (Å²) >= 11 is 3.29. The number of amides is 2. The first-order valence-corrected chi connectivity index (χ1v) is 7.97. The molecule has 2 aromatic rings. The predicted octanol–water partition coefficient (Wildman–Crippen LogP) is 4.06. The average Bonchev–Trinajstić information content (AvgIpc) is 2.98. The SMILES string of the molecule is O=C(NCc1cc(Br)ccc1F)NC1CCCc2occc21. The topological polar surface area (TPSA) is 54.3 Å². The molecule has 0 spiro atoms. The van der Waals surface area contributed by atoms with Crippen LogP contribution in [0.1, 0.15) is 35.8 Å². The van der Waals surface area contributed by atoms with Gasteiger partial charge in [0.15, 0.2) is 0 Å². The molecule has 1 aliphatic rings. The van der Waals surface area contributed by atoms with Crippen molar-refractivity contribution in [2.75, 3.05) is 0 Å². The van der Waals surface area contributed by atoms with Crippen molar-refractivity contribution in [3.63, 3.8) is 0 Å². The molecule has 0 saturated heterocycles. The molecule has 116 valence electrons. The summed E-state index contributed by atoms with van der Waals surface area (Å²) in [5.41, 5.74) is 1.48. The lowest BCUT2D eigenvalue weighted by atomic mass is 9.93. The van der Waals surface area contributed by atoms with E-state index in [0.29, 0.717) is 5.56 Å². The number of benzene rings is 1. The Balaban J connectivity index is 1.59. The lowest BCUT2D eigenvalue weighted by Gasteiger charge is -2.22. The molecule has 2 amide bonds. The number of fused-ring (bicyclic) bond motifs is 1. The third-order valence-electron chi connectivity index (χ3n) is 3.80. The molecule has 3 rings (SSSR count). The Labute approximate surface area is 136 Å². The van der Waals surface area contributed by atoms with Crippen molar-refractivity contribution >= 4 is 22.0 Å². The van der Waals surface area contributed by atoms with Crippen molar-refractivity contribution in [2.45, 2.75) is 31.8 Å². The molecule has 0 aliphatic heterocycles. The zero-order chi connectivity index (χ0) is 15.5. The van der Waals surface area contributed by atoms with Crippen LogP contribution in [-0.2, 0) is 13.0 Å². The largest absolute Gasteiger partial charge is 0.469 e. The number of urea groups is 1. The van der Waals surface area contributed by atoms with Gasteiger partial charge in [0.25, 0.3) is 0 Å². The van der Waals surface area contributed by atoms with Gasteiger partial charge in [0.05, 0.1) is 12.3 Å². The number of furan rings is 1. The van der Waals surface area contributed by atoms with Crippen LogP contribution >= 0.6 is 15.9 Å². The summed E-state index contributed by atoms with van der Waals surface area (Å²) in [4.78, 5) is 12.0. The highest BCUT2D eigenvalue weighted by Crippen LogP contribution is 2.30. The molecule has 22 heavy (non-hydrogen) atoms. The van der Waals surface area contributed by atoms with Crippen LogP contribution < -0.4 is 10.6 Å². The quantitative estimate of drug-likeness (QED) is 0.860. The van der Waals surface area contributed by atoms with E-state index in [1.807, 2.05) is 6.07 Å². The van der Waals surface area contributed by atoms with Gasteiger partial charge in [-0.2, -0.15) is 0 Å². The molecule has 1 heterocycles. The van der Waals surface area contributed by atoms with Crippen molar-refractivity contribution in [3.8, 4) is 0 Å². The molecule has 1 aliphatic carbocycles. The van der Waals surface area contributed by atoms with Gasteiger partial charge in [-0.3, -0.25) is 0 Å². The van der Waals surface area contributed by atoms with E-state index in [4.69, 9.17) is 4.42 Å². The van der Waals surface area contributed by atoms with Crippen LogP contribution in [0.25, 0.3) is 0 Å². The number of halogens is 2. The molecule has 2 N–H and O–H groups in total. The standard InChI is InChI=1S/C16H16BrFN2O2/c17-11-4-5-13(18)10(8-11)9-19-16(21)20-14-2-1-3-15-12(14)6-7-22-15/h4-8,14H,1-3,9H2,(H2,19,20,21). The van der Waals surface area contributed by atoms with Crippen LogP contribution in [0.2, 0.25) is 0 Å². The van der Waals surface area contributed by atoms with E-state index in [9.17, 15) is 9.18 Å². The fourth-order valence-corrected chi connectivity index (χ4v) is 3.11. The van der Waals surface area contributed by atoms with Gasteiger partial charge < -0.3 is 15.1 Å². The van der Waals surface area contributed by atoms with Crippen LogP contribution in [0.4, 0.5) is 9.18 Å². The average molecular weight is 367 g/mol. The van der Waals surface area contributed by atoms with Gasteiger partial charge >= 0.3 is 6.03 Å². The number of rotatable bonds is 3. The lowest BCUT2D eigenvalue weighted by Crippen LogP contribution is -2.38. The number of carbonyl (C=O) groups is 1. The Morgan fingerprint density at radius 3 is 3.14 bits per heavy atom. The molecule has 4 nitrogen and oxygen atoms in total. The summed E-state index contributed by atoms with van der Waals surface area (Å²) in [7, 11) is 0. The van der Waals surface area contributed by atoms with Crippen molar-refractivity contribution in [2.24, 2.45) is 0 Å². The molecule has 0 saturated carbocycles. The molecule has 6 heteroatoms. The fourth-order valence-electron chi connectivity index (χ4n) is 2.70. The molecular formula is C16H16BrFN2O2. The fraction of sp³-hybridized carbons (Fsp3) is 0.312. The number of hydrogen-bond acceptors (Lipinski definition) is 2. The molecule has 1 aromatic carbocycles. The van der Waals surface area contributed by atoms with Crippen molar-refractivity contribution in [1.82, 2.24) is 10.6 Å². The minimum Gasteiger partial charge on any atom is -0.469 e. The smallest absolute Gasteiger partial charge is 0.315 e. The van der Waals surface area contributed by atoms with E-state index in [1.165, 1.54) is 6.07 Å². The number of hydrogen-bond donors (Lipinski definition) is 2. The first kappa shape index (κ1) is 15.1. The summed E-state index contributed by atoms with van der Waals surface area (Å²) in [5, 5.41) is 5.62. The molecule has 0 fully saturated rings. The monoisotopic (exact) mass is 366 g/mol. The molecule has 0 radical (unpaired) electrons. The Kier molecular flexibility index (Phi) is 4.47. The second kappa shape index (κ2) is 6.52. The third-order valence-corrected chi connectivity index (χ3v) is 4.30. The molecule has 1 aromatic heterocycles. The van der Waals surface area contributed by atoms with Gasteiger partial charge in [-0.15, -0.1) is 0 Å². The Morgan fingerprint density at radius 2 is 2.27 bits per heavy atom. The van der Waals surface area contributed by atoms with Crippen LogP contribution in [-0.4, -0.2) is 6.03 Å². The van der Waals surface area contributed by atoms with Gasteiger partial charge in [0, 0.05) is 28.6 Å². The zero-order valence-electron chi connectivity index (χ0n) is 11.9. The zero-order valence-corrected chi connectivity index (χ0v) is 13.5. The van der Waals surface area contributed by atoms with E-state index in [2.05, 4.69) is 26.6 Å². The number of nitrogens with one attached hydrogen (secondary N) is 2. The van der Waals surface area contributed by atoms with E-state index in [0.717, 1.165) is 35.1 Å². The highest BCUT2D eigenvalue weighted by atomic mass is 79.9. The summed E-state index contributed by atoms with van der Waals surface area (Å²) < 4.78 is 19.8. The van der Waals surface area contributed by atoms with Crippen LogP contribution in [0, 0.1) is 5.82 Å². The van der Waals surface area contributed by atoms with Crippen molar-refractivity contribution in [1.29, 1.82) is 0 Å². The van der Waals surface area contributed by atoms with E-state index in [1.54, 1.807) is 18.4 Å². The first-order chi connectivity index (χ1) is 10.6. The minimum absolute atomic E-state index is 0.0464. The molecule has 1 unspecified atom stereocenters. The van der Waals surface area contributed by atoms with Gasteiger partial charge in [-0.25, -0.2) is 9.18 Å². The number of carbonyl (C=O) groups excluding carboxylic acids is 1. The summed E-state index contributed by atoms with van der Waals surface area (Å²) in [6, 6.07) is 6.20. The highest BCUT2D eigenvalue weighted by molar-refractivity contribution is 9.10. The van der Waals surface area contributed by atoms with Crippen LogP contribution in [0.5, 0.6) is 0 Å².